The Morgan fingerprint density at radius 2 is 1.93 bits per heavy atom. The Hall–Kier alpha value is -3.10. The van der Waals surface area contributed by atoms with Gasteiger partial charge in [0.05, 0.1) is 13.7 Å². The van der Waals surface area contributed by atoms with Gasteiger partial charge in [0, 0.05) is 17.6 Å². The molecule has 0 radical (unpaired) electrons. The second-order valence-electron chi connectivity index (χ2n) is 7.73. The first-order valence-corrected chi connectivity index (χ1v) is 9.20. The van der Waals surface area contributed by atoms with E-state index >= 15 is 0 Å². The summed E-state index contributed by atoms with van der Waals surface area (Å²) in [7, 11) is 1.59. The van der Waals surface area contributed by atoms with Crippen molar-refractivity contribution in [1.82, 2.24) is 25.4 Å². The molecule has 3 N–H and O–H groups in total. The summed E-state index contributed by atoms with van der Waals surface area (Å²) in [6.07, 6.45) is 1.32. The second kappa shape index (κ2) is 7.87. The van der Waals surface area contributed by atoms with Gasteiger partial charge in [0.1, 0.15) is 17.6 Å². The van der Waals surface area contributed by atoms with Crippen molar-refractivity contribution in [1.29, 1.82) is 0 Å². The second-order valence-corrected chi connectivity index (χ2v) is 7.73. The quantitative estimate of drug-likeness (QED) is 0.728. The highest BCUT2D eigenvalue weighted by atomic mass is 16.5. The minimum atomic E-state index is -0.408. The number of carbonyl (C=O) groups is 2. The lowest BCUT2D eigenvalue weighted by atomic mass is 10.1. The van der Waals surface area contributed by atoms with Crippen LogP contribution in [0.1, 0.15) is 44.9 Å². The highest BCUT2D eigenvalue weighted by Gasteiger charge is 2.32. The van der Waals surface area contributed by atoms with Gasteiger partial charge in [-0.25, -0.2) is 4.79 Å². The lowest BCUT2D eigenvalue weighted by molar-refractivity contribution is -0.119. The van der Waals surface area contributed by atoms with Crippen LogP contribution in [0.5, 0.6) is 5.75 Å². The molecular weight excluding hydrogens is 360 g/mol. The van der Waals surface area contributed by atoms with E-state index in [9.17, 15) is 9.59 Å². The monoisotopic (exact) mass is 386 g/mol. The number of nitrogens with zero attached hydrogens (tertiary/aromatic N) is 3. The average Bonchev–Trinajstić information content (AvgIpc) is 3.21. The summed E-state index contributed by atoms with van der Waals surface area (Å²) in [4.78, 5) is 24.8. The van der Waals surface area contributed by atoms with E-state index in [0.717, 1.165) is 11.6 Å². The predicted molar refractivity (Wildman–Crippen MR) is 104 cm³/mol. The third-order valence-corrected chi connectivity index (χ3v) is 4.35. The molecule has 2 heterocycles. The van der Waals surface area contributed by atoms with Crippen molar-refractivity contribution in [3.8, 4) is 5.75 Å². The molecule has 1 aromatic carbocycles. The maximum atomic E-state index is 12.8. The van der Waals surface area contributed by atoms with Gasteiger partial charge < -0.3 is 25.3 Å². The van der Waals surface area contributed by atoms with Crippen molar-refractivity contribution < 1.29 is 14.3 Å². The molecule has 1 aliphatic rings. The number of methoxy groups -OCH3 is 1. The van der Waals surface area contributed by atoms with E-state index < -0.39 is 6.04 Å². The fraction of sp³-hybridized carbons (Fsp3) is 0.474. The first-order chi connectivity index (χ1) is 13.3. The van der Waals surface area contributed by atoms with Crippen LogP contribution in [0, 0.1) is 0 Å². The zero-order valence-electron chi connectivity index (χ0n) is 16.6. The number of rotatable bonds is 5. The van der Waals surface area contributed by atoms with Crippen LogP contribution in [0.2, 0.25) is 0 Å². The van der Waals surface area contributed by atoms with Crippen molar-refractivity contribution in [3.63, 3.8) is 0 Å². The van der Waals surface area contributed by atoms with E-state index in [1.54, 1.807) is 31.4 Å². The number of nitrogens with one attached hydrogen (secondary N) is 3. The molecule has 1 atom stereocenters. The zero-order valence-corrected chi connectivity index (χ0v) is 16.6. The number of fused-ring (bicyclic) bond motifs is 1. The highest BCUT2D eigenvalue weighted by Crippen LogP contribution is 2.27. The number of carbonyl (C=O) groups excluding carboxylic acids is 2. The minimum Gasteiger partial charge on any atom is -0.497 e. The maximum absolute atomic E-state index is 12.8. The van der Waals surface area contributed by atoms with E-state index in [1.807, 2.05) is 25.3 Å². The fourth-order valence-electron chi connectivity index (χ4n) is 3.10. The van der Waals surface area contributed by atoms with Crippen molar-refractivity contribution in [3.05, 3.63) is 35.9 Å². The number of ether oxygens (including phenoxy) is 1. The molecule has 0 saturated carbocycles. The molecule has 0 fully saturated rings. The number of amides is 3. The lowest BCUT2D eigenvalue weighted by Gasteiger charge is -2.21. The van der Waals surface area contributed by atoms with Gasteiger partial charge in [-0.3, -0.25) is 4.79 Å². The average molecular weight is 386 g/mol. The van der Waals surface area contributed by atoms with Gasteiger partial charge >= 0.3 is 6.03 Å². The van der Waals surface area contributed by atoms with Gasteiger partial charge in [0.25, 0.3) is 0 Å². The molecular formula is C19H26N6O3. The molecule has 2 aromatic rings. The van der Waals surface area contributed by atoms with Gasteiger partial charge in [-0.1, -0.05) is 0 Å². The van der Waals surface area contributed by atoms with Crippen molar-refractivity contribution in [2.45, 2.75) is 51.7 Å². The van der Waals surface area contributed by atoms with Gasteiger partial charge in [0.2, 0.25) is 5.91 Å². The van der Waals surface area contributed by atoms with Crippen molar-refractivity contribution in [2.24, 2.45) is 0 Å². The van der Waals surface area contributed by atoms with Crippen LogP contribution >= 0.6 is 0 Å². The Morgan fingerprint density at radius 3 is 2.57 bits per heavy atom. The molecule has 1 aliphatic heterocycles. The van der Waals surface area contributed by atoms with Crippen LogP contribution in [-0.2, 0) is 17.8 Å². The number of hydrogen-bond acceptors (Lipinski definition) is 5. The summed E-state index contributed by atoms with van der Waals surface area (Å²) >= 11 is 0. The highest BCUT2D eigenvalue weighted by molar-refractivity contribution is 5.94. The summed E-state index contributed by atoms with van der Waals surface area (Å²) in [5.41, 5.74) is 0.356. The molecule has 0 aliphatic carbocycles. The first-order valence-electron chi connectivity index (χ1n) is 9.20. The number of benzene rings is 1. The SMILES string of the molecule is COc1ccc(NC(=O)C2CCc3nnc(CNC(=O)NC(C)(C)C)n32)cc1. The molecule has 1 aromatic heterocycles. The van der Waals surface area contributed by atoms with E-state index in [0.29, 0.717) is 24.4 Å². The topological polar surface area (TPSA) is 110 Å². The predicted octanol–water partition coefficient (Wildman–Crippen LogP) is 2.01. The Kier molecular flexibility index (Phi) is 5.53. The Morgan fingerprint density at radius 1 is 1.21 bits per heavy atom. The van der Waals surface area contributed by atoms with Crippen LogP contribution < -0.4 is 20.7 Å². The number of anilines is 1. The third-order valence-electron chi connectivity index (χ3n) is 4.35. The molecule has 1 unspecified atom stereocenters. The smallest absolute Gasteiger partial charge is 0.315 e. The van der Waals surface area contributed by atoms with Crippen LogP contribution in [0.15, 0.2) is 24.3 Å². The third kappa shape index (κ3) is 4.59. The normalized spacial score (nSPS) is 15.6. The molecule has 0 spiro atoms. The van der Waals surface area contributed by atoms with Crippen molar-refractivity contribution >= 4 is 17.6 Å². The van der Waals surface area contributed by atoms with Gasteiger partial charge in [-0.15, -0.1) is 10.2 Å². The van der Waals surface area contributed by atoms with Crippen LogP contribution in [0.25, 0.3) is 0 Å². The maximum Gasteiger partial charge on any atom is 0.315 e. The Balaban J connectivity index is 1.66. The molecule has 0 bridgehead atoms. The summed E-state index contributed by atoms with van der Waals surface area (Å²) in [6.45, 7) is 5.91. The van der Waals surface area contributed by atoms with E-state index in [4.69, 9.17) is 4.74 Å². The summed E-state index contributed by atoms with van der Waals surface area (Å²) in [5.74, 6) is 1.90. The summed E-state index contributed by atoms with van der Waals surface area (Å²) in [5, 5.41) is 16.8. The first kappa shape index (κ1) is 19.7. The Labute approximate surface area is 163 Å². The largest absolute Gasteiger partial charge is 0.497 e. The molecule has 3 rings (SSSR count). The minimum absolute atomic E-state index is 0.135. The zero-order chi connectivity index (χ0) is 20.3. The summed E-state index contributed by atoms with van der Waals surface area (Å²) < 4.78 is 6.94. The number of aromatic nitrogens is 3. The van der Waals surface area contributed by atoms with Crippen molar-refractivity contribution in [2.75, 3.05) is 12.4 Å². The standard InChI is InChI=1S/C19H26N6O3/c1-19(2,3)22-18(27)20-11-16-24-23-15-10-9-14(25(15)16)17(26)21-12-5-7-13(28-4)8-6-12/h5-8,14H,9-11H2,1-4H3,(H,21,26)(H2,20,22,27). The molecule has 28 heavy (non-hydrogen) atoms. The number of hydrogen-bond donors (Lipinski definition) is 3. The number of urea groups is 1. The van der Waals surface area contributed by atoms with Gasteiger partial charge in [-0.2, -0.15) is 0 Å². The molecule has 9 heteroatoms. The Bertz CT molecular complexity index is 854. The van der Waals surface area contributed by atoms with Crippen LogP contribution in [-0.4, -0.2) is 39.4 Å². The molecule has 9 nitrogen and oxygen atoms in total. The van der Waals surface area contributed by atoms with Crippen LogP contribution in [0.4, 0.5) is 10.5 Å². The lowest BCUT2D eigenvalue weighted by Crippen LogP contribution is -2.46. The van der Waals surface area contributed by atoms with Gasteiger partial charge in [0.15, 0.2) is 5.82 Å². The fourth-order valence-corrected chi connectivity index (χ4v) is 3.10. The molecule has 3 amide bonds. The molecule has 0 saturated heterocycles. The van der Waals surface area contributed by atoms with E-state index in [2.05, 4.69) is 26.1 Å². The summed E-state index contributed by atoms with van der Waals surface area (Å²) in [6, 6.07) is 6.46. The van der Waals surface area contributed by atoms with E-state index in [1.165, 1.54) is 0 Å². The van der Waals surface area contributed by atoms with Crippen LogP contribution in [0.3, 0.4) is 0 Å². The number of aryl methyl sites for hydroxylation is 1. The van der Waals surface area contributed by atoms with E-state index in [-0.39, 0.29) is 24.0 Å². The molecule has 150 valence electrons. The van der Waals surface area contributed by atoms with Gasteiger partial charge in [-0.05, 0) is 51.5 Å².